The van der Waals surface area contributed by atoms with Gasteiger partial charge in [0.2, 0.25) is 0 Å². The van der Waals surface area contributed by atoms with Crippen LogP contribution in [0.15, 0.2) is 22.7 Å². The van der Waals surface area contributed by atoms with Crippen molar-refractivity contribution in [2.24, 2.45) is 0 Å². The van der Waals surface area contributed by atoms with Gasteiger partial charge in [-0.2, -0.15) is 0 Å². The number of rotatable bonds is 4. The lowest BCUT2D eigenvalue weighted by atomic mass is 10.2. The predicted octanol–water partition coefficient (Wildman–Crippen LogP) is 3.77. The molecule has 0 spiro atoms. The molecule has 0 fully saturated rings. The fraction of sp³-hybridized carbons (Fsp3) is 0.400. The number of hydrogen-bond donors (Lipinski definition) is 0. The van der Waals surface area contributed by atoms with Gasteiger partial charge >= 0.3 is 0 Å². The molecule has 1 aromatic carbocycles. The van der Waals surface area contributed by atoms with E-state index < -0.39 is 0 Å². The van der Waals surface area contributed by atoms with Crippen molar-refractivity contribution in [3.05, 3.63) is 33.3 Å². The average Bonchev–Trinajstić information content (AvgIpc) is 2.10. The fourth-order valence-corrected chi connectivity index (χ4v) is 2.19. The van der Waals surface area contributed by atoms with Crippen LogP contribution in [0.2, 0.25) is 5.02 Å². The van der Waals surface area contributed by atoms with Crippen molar-refractivity contribution in [3.63, 3.8) is 0 Å². The molecule has 0 bridgehead atoms. The number of hydrogen-bond acceptors (Lipinski definition) is 1. The molecule has 0 saturated heterocycles. The summed E-state index contributed by atoms with van der Waals surface area (Å²) in [5.41, 5.74) is 1.13. The van der Waals surface area contributed by atoms with Gasteiger partial charge in [0.25, 0.3) is 0 Å². The highest BCUT2D eigenvalue weighted by Gasteiger charge is 2.04. The van der Waals surface area contributed by atoms with E-state index in [4.69, 9.17) is 23.2 Å². The number of benzene rings is 1. The molecule has 0 unspecified atom stereocenters. The molecule has 0 aliphatic heterocycles. The van der Waals surface area contributed by atoms with Gasteiger partial charge in [-0.25, -0.2) is 0 Å². The summed E-state index contributed by atoms with van der Waals surface area (Å²) in [6.45, 7) is 1.70. The van der Waals surface area contributed by atoms with Crippen LogP contribution in [0, 0.1) is 0 Å². The first kappa shape index (κ1) is 12.3. The molecule has 0 heterocycles. The van der Waals surface area contributed by atoms with Gasteiger partial charge in [0, 0.05) is 28.5 Å². The average molecular weight is 297 g/mol. The van der Waals surface area contributed by atoms with Gasteiger partial charge in [-0.15, -0.1) is 11.6 Å². The second kappa shape index (κ2) is 5.96. The first-order valence-electron chi connectivity index (χ1n) is 4.32. The number of alkyl halides is 1. The third-order valence-electron chi connectivity index (χ3n) is 1.92. The summed E-state index contributed by atoms with van der Waals surface area (Å²) in [4.78, 5) is 2.14. The van der Waals surface area contributed by atoms with E-state index in [1.54, 1.807) is 0 Å². The molecular formula is C10H12BrCl2N. The molecule has 0 aliphatic rings. The van der Waals surface area contributed by atoms with E-state index in [9.17, 15) is 0 Å². The van der Waals surface area contributed by atoms with E-state index in [2.05, 4.69) is 20.8 Å². The van der Waals surface area contributed by atoms with Gasteiger partial charge < -0.3 is 4.90 Å². The quantitative estimate of drug-likeness (QED) is 0.765. The number of nitrogens with zero attached hydrogens (tertiary/aromatic N) is 1. The van der Waals surface area contributed by atoms with Crippen LogP contribution in [-0.4, -0.2) is 24.4 Å². The Balaban J connectivity index is 2.67. The van der Waals surface area contributed by atoms with E-state index in [-0.39, 0.29) is 0 Å². The molecular weight excluding hydrogens is 285 g/mol. The zero-order valence-electron chi connectivity index (χ0n) is 7.93. The summed E-state index contributed by atoms with van der Waals surface area (Å²) in [5.74, 6) is 0.643. The highest BCUT2D eigenvalue weighted by molar-refractivity contribution is 9.10. The molecule has 0 atom stereocenters. The molecule has 0 saturated carbocycles. The summed E-state index contributed by atoms with van der Waals surface area (Å²) >= 11 is 15.1. The topological polar surface area (TPSA) is 3.24 Å². The lowest BCUT2D eigenvalue weighted by Crippen LogP contribution is -2.20. The highest BCUT2D eigenvalue weighted by Crippen LogP contribution is 2.22. The molecule has 78 valence electrons. The van der Waals surface area contributed by atoms with Crippen LogP contribution in [0.3, 0.4) is 0 Å². The minimum absolute atomic E-state index is 0.643. The smallest absolute Gasteiger partial charge is 0.0462 e. The summed E-state index contributed by atoms with van der Waals surface area (Å²) in [6, 6.07) is 5.93. The van der Waals surface area contributed by atoms with Crippen molar-refractivity contribution in [1.82, 2.24) is 4.90 Å². The van der Waals surface area contributed by atoms with Crippen molar-refractivity contribution in [3.8, 4) is 0 Å². The molecule has 14 heavy (non-hydrogen) atoms. The summed E-state index contributed by atoms with van der Waals surface area (Å²) in [5, 5.41) is 0.792. The zero-order chi connectivity index (χ0) is 10.6. The van der Waals surface area contributed by atoms with Gasteiger partial charge in [-0.1, -0.05) is 33.6 Å². The van der Waals surface area contributed by atoms with E-state index in [1.165, 1.54) is 0 Å². The molecule has 0 radical (unpaired) electrons. The summed E-state index contributed by atoms with van der Waals surface area (Å²) in [6.07, 6.45) is 0. The fourth-order valence-electron chi connectivity index (χ4n) is 1.16. The van der Waals surface area contributed by atoms with Crippen LogP contribution in [0.5, 0.6) is 0 Å². The monoisotopic (exact) mass is 295 g/mol. The SMILES string of the molecule is CN(CCCl)Cc1ccc(Br)cc1Cl. The lowest BCUT2D eigenvalue weighted by molar-refractivity contribution is 0.348. The van der Waals surface area contributed by atoms with Crippen LogP contribution < -0.4 is 0 Å². The molecule has 1 aromatic rings. The lowest BCUT2D eigenvalue weighted by Gasteiger charge is -2.15. The van der Waals surface area contributed by atoms with E-state index in [0.717, 1.165) is 28.1 Å². The molecule has 1 rings (SSSR count). The predicted molar refractivity (Wildman–Crippen MR) is 66.2 cm³/mol. The molecule has 4 heteroatoms. The molecule has 1 nitrogen and oxygen atoms in total. The Morgan fingerprint density at radius 1 is 1.43 bits per heavy atom. The van der Waals surface area contributed by atoms with Crippen molar-refractivity contribution in [2.45, 2.75) is 6.54 Å². The summed E-state index contributed by atoms with van der Waals surface area (Å²) in [7, 11) is 2.03. The maximum atomic E-state index is 6.08. The maximum Gasteiger partial charge on any atom is 0.0462 e. The van der Waals surface area contributed by atoms with Crippen LogP contribution >= 0.6 is 39.1 Å². The van der Waals surface area contributed by atoms with Crippen molar-refractivity contribution < 1.29 is 0 Å². The molecule has 0 amide bonds. The maximum absolute atomic E-state index is 6.08. The van der Waals surface area contributed by atoms with Gasteiger partial charge in [0.1, 0.15) is 0 Å². The van der Waals surface area contributed by atoms with Crippen molar-refractivity contribution in [1.29, 1.82) is 0 Å². The minimum atomic E-state index is 0.643. The first-order chi connectivity index (χ1) is 6.63. The van der Waals surface area contributed by atoms with Crippen LogP contribution in [0.25, 0.3) is 0 Å². The molecule has 0 N–H and O–H groups in total. The van der Waals surface area contributed by atoms with Gasteiger partial charge in [0.05, 0.1) is 0 Å². The normalized spacial score (nSPS) is 10.9. The van der Waals surface area contributed by atoms with Crippen molar-refractivity contribution >= 4 is 39.1 Å². The van der Waals surface area contributed by atoms with E-state index in [0.29, 0.717) is 5.88 Å². The van der Waals surface area contributed by atoms with Gasteiger partial charge in [-0.3, -0.25) is 0 Å². The largest absolute Gasteiger partial charge is 0.301 e. The Labute approximate surface area is 103 Å². The van der Waals surface area contributed by atoms with E-state index >= 15 is 0 Å². The first-order valence-corrected chi connectivity index (χ1v) is 6.02. The molecule has 0 aromatic heterocycles. The summed E-state index contributed by atoms with van der Waals surface area (Å²) < 4.78 is 1.01. The Morgan fingerprint density at radius 3 is 2.71 bits per heavy atom. The Morgan fingerprint density at radius 2 is 2.14 bits per heavy atom. The minimum Gasteiger partial charge on any atom is -0.301 e. The standard InChI is InChI=1S/C10H12BrCl2N/c1-14(5-4-12)7-8-2-3-9(11)6-10(8)13/h2-3,6H,4-5,7H2,1H3. The Bertz CT molecular complexity index is 304. The van der Waals surface area contributed by atoms with Crippen LogP contribution in [-0.2, 0) is 6.54 Å². The Kier molecular flexibility index (Phi) is 5.24. The van der Waals surface area contributed by atoms with Crippen LogP contribution in [0.1, 0.15) is 5.56 Å². The number of halogens is 3. The highest BCUT2D eigenvalue weighted by atomic mass is 79.9. The molecule has 0 aliphatic carbocycles. The van der Waals surface area contributed by atoms with Gasteiger partial charge in [-0.05, 0) is 24.7 Å². The van der Waals surface area contributed by atoms with E-state index in [1.807, 2.05) is 25.2 Å². The zero-order valence-corrected chi connectivity index (χ0v) is 11.0. The second-order valence-electron chi connectivity index (χ2n) is 3.16. The van der Waals surface area contributed by atoms with Gasteiger partial charge in [0.15, 0.2) is 0 Å². The van der Waals surface area contributed by atoms with Crippen molar-refractivity contribution in [2.75, 3.05) is 19.5 Å². The van der Waals surface area contributed by atoms with Crippen LogP contribution in [0.4, 0.5) is 0 Å². The third kappa shape index (κ3) is 3.77. The second-order valence-corrected chi connectivity index (χ2v) is 4.86. The Hall–Kier alpha value is 0.240. The third-order valence-corrected chi connectivity index (χ3v) is 2.94.